The summed E-state index contributed by atoms with van der Waals surface area (Å²) in [5.41, 5.74) is -1.31. The zero-order valence-electron chi connectivity index (χ0n) is 38.9. The molecule has 0 amide bonds. The molecule has 18 nitrogen and oxygen atoms in total. The maximum absolute atomic E-state index is 13.2. The van der Waals surface area contributed by atoms with E-state index in [1.165, 1.54) is 26.7 Å². The summed E-state index contributed by atoms with van der Waals surface area (Å²) in [5, 5.41) is 36.4. The number of hydrogen-bond acceptors (Lipinski definition) is 18. The number of fused-ring (bicyclic) bond motifs is 6. The van der Waals surface area contributed by atoms with Gasteiger partial charge in [0.1, 0.15) is 24.4 Å². The zero-order valence-corrected chi connectivity index (χ0v) is 44.2. The molecule has 4 aliphatic carbocycles. The quantitative estimate of drug-likeness (QED) is 0.0674. The summed E-state index contributed by atoms with van der Waals surface area (Å²) >= 11 is 0. The Morgan fingerprint density at radius 3 is 1.33 bits per heavy atom. The molecular weight excluding hydrogens is 895 g/mol. The van der Waals surface area contributed by atoms with Crippen LogP contribution in [-0.4, -0.2) is 90.8 Å². The van der Waals surface area contributed by atoms with Crippen molar-refractivity contribution in [3.8, 4) is 0 Å². The van der Waals surface area contributed by atoms with Gasteiger partial charge >= 0.3 is 127 Å². The zero-order chi connectivity index (χ0) is 45.9. The molecule has 3 N–H and O–H groups in total. The Balaban J connectivity index is 0.000000383. The minimum absolute atomic E-state index is 0. The van der Waals surface area contributed by atoms with Crippen molar-refractivity contribution < 1.29 is 191 Å². The van der Waals surface area contributed by atoms with Crippen LogP contribution in [0.4, 0.5) is 0 Å². The molecule has 2 saturated heterocycles. The summed E-state index contributed by atoms with van der Waals surface area (Å²) in [4.78, 5) is 88.4. The monoisotopic (exact) mass is 952 g/mol. The van der Waals surface area contributed by atoms with Crippen LogP contribution < -0.4 is 108 Å². The third kappa shape index (κ3) is 10.3. The van der Waals surface area contributed by atoms with Gasteiger partial charge in [-0.25, -0.2) is 0 Å². The molecule has 14 atom stereocenters. The van der Waals surface area contributed by atoms with Crippen LogP contribution in [-0.2, 0) is 57.4 Å². The summed E-state index contributed by atoms with van der Waals surface area (Å²) < 4.78 is 31.6. The molecule has 64 heavy (non-hydrogen) atoms. The van der Waals surface area contributed by atoms with Gasteiger partial charge in [0, 0.05) is 30.1 Å². The van der Waals surface area contributed by atoms with E-state index >= 15 is 0 Å². The number of ketones is 2. The fourth-order valence-corrected chi connectivity index (χ4v) is 12.3. The molecule has 2 aromatic rings. The number of esters is 4. The topological polar surface area (TPSA) is 276 Å². The molecule has 8 rings (SSSR count). The van der Waals surface area contributed by atoms with Crippen molar-refractivity contribution in [3.63, 3.8) is 0 Å². The molecule has 0 radical (unpaired) electrons. The summed E-state index contributed by atoms with van der Waals surface area (Å²) in [6.45, 7) is 7.53. The van der Waals surface area contributed by atoms with Gasteiger partial charge in [-0.15, -0.1) is 0 Å². The predicted molar refractivity (Wildman–Crippen MR) is 208 cm³/mol. The first-order chi connectivity index (χ1) is 29.4. The number of aliphatic hydroxyl groups excluding tert-OH is 3. The number of rotatable bonds is 5. The number of ether oxygens (including phenoxy) is 4. The second-order valence-corrected chi connectivity index (χ2v) is 18.1. The van der Waals surface area contributed by atoms with Gasteiger partial charge in [0.2, 0.25) is 0 Å². The second kappa shape index (κ2) is 23.1. The van der Waals surface area contributed by atoms with E-state index in [0.29, 0.717) is 38.5 Å². The average Bonchev–Trinajstić information content (AvgIpc) is 4.00. The Hall–Kier alpha value is -1.64. The van der Waals surface area contributed by atoms with Crippen LogP contribution in [0.1, 0.15) is 104 Å². The smallest absolute Gasteiger partial charge is 1.00 e. The van der Waals surface area contributed by atoms with Gasteiger partial charge in [0.15, 0.2) is 11.6 Å². The first kappa shape index (κ1) is 56.7. The van der Waals surface area contributed by atoms with Crippen molar-refractivity contribution in [1.29, 1.82) is 0 Å². The van der Waals surface area contributed by atoms with Crippen LogP contribution in [0.5, 0.6) is 0 Å². The number of carbonyl (C=O) groups excluding carboxylic acids is 7. The first-order valence-electron chi connectivity index (χ1n) is 20.6. The minimum Gasteiger partial charge on any atom is -1.00 e. The Morgan fingerprint density at radius 1 is 0.703 bits per heavy atom. The normalized spacial score (nSPS) is 38.0. The summed E-state index contributed by atoms with van der Waals surface area (Å²) in [6.07, 6.45) is 5.77. The molecule has 2 unspecified atom stereocenters. The van der Waals surface area contributed by atoms with Gasteiger partial charge < -0.3 is 54.7 Å². The fraction of sp³-hybridized carbons (Fsp3) is 0.659. The van der Waals surface area contributed by atoms with Gasteiger partial charge in [0.25, 0.3) is 6.47 Å². The molecule has 4 saturated carbocycles. The van der Waals surface area contributed by atoms with E-state index in [0.717, 1.165) is 18.2 Å². The van der Waals surface area contributed by atoms with E-state index in [1.54, 1.807) is 24.7 Å². The molecule has 6 fully saturated rings. The maximum Gasteiger partial charge on any atom is 1.00 e. The summed E-state index contributed by atoms with van der Waals surface area (Å²) in [7, 11) is 3.65. The van der Waals surface area contributed by atoms with Crippen molar-refractivity contribution in [1.82, 2.24) is 0 Å². The van der Waals surface area contributed by atoms with E-state index in [9.17, 15) is 39.0 Å². The second-order valence-electron chi connectivity index (χ2n) is 18.1. The maximum atomic E-state index is 13.2. The van der Waals surface area contributed by atoms with Crippen LogP contribution in [0.3, 0.4) is 0 Å². The summed E-state index contributed by atoms with van der Waals surface area (Å²) in [6, 6.07) is 3.50. The van der Waals surface area contributed by atoms with Gasteiger partial charge in [-0.1, -0.05) is 27.7 Å². The van der Waals surface area contributed by atoms with Crippen molar-refractivity contribution in [2.45, 2.75) is 103 Å². The van der Waals surface area contributed by atoms with Crippen molar-refractivity contribution in [2.75, 3.05) is 21.3 Å². The van der Waals surface area contributed by atoms with Crippen molar-refractivity contribution >= 4 is 41.9 Å². The average molecular weight is 953 g/mol. The van der Waals surface area contributed by atoms with E-state index in [-0.39, 0.29) is 147 Å². The van der Waals surface area contributed by atoms with Crippen LogP contribution >= 0.6 is 0 Å². The van der Waals surface area contributed by atoms with Crippen LogP contribution in [0, 0.1) is 57.2 Å². The Morgan fingerprint density at radius 2 is 1.05 bits per heavy atom. The SMILES string of the molecule is CO.COC(=O)[C@@H]1C[C@H](O)C(=O)C2[C@@]1(C)CC[C@H]1C(=O)O[C@H](c3ccoc3)C[C@]21C.COC(=O)[C@@H]1C[C@H](O)C(=O)C2[C@@]3(C)C[C@@H](c4ccoc4)OC(=O)[C@H]3CC[C@]21C.O=CO[O-].[H-].[K+].[K+]. The molecule has 20 heteroatoms. The molecule has 2 aromatic heterocycles. The Bertz CT molecular complexity index is 1830. The molecule has 344 valence electrons. The number of Topliss-reactive ketones (excluding diaryl/α,β-unsaturated/α-hetero) is 2. The molecule has 0 spiro atoms. The van der Waals surface area contributed by atoms with Crippen molar-refractivity contribution in [3.05, 3.63) is 48.3 Å². The third-order valence-electron chi connectivity index (χ3n) is 15.1. The number of furan rings is 2. The van der Waals surface area contributed by atoms with Crippen LogP contribution in [0.25, 0.3) is 0 Å². The minimum atomic E-state index is -1.23. The number of cyclic esters (lactones) is 2. The molecular formula is C44H58K2O18. The summed E-state index contributed by atoms with van der Waals surface area (Å²) in [5.74, 6) is -5.36. The van der Waals surface area contributed by atoms with Gasteiger partial charge in [-0.05, 0) is 85.2 Å². The Labute approximate surface area is 457 Å². The van der Waals surface area contributed by atoms with E-state index < -0.39 is 93.5 Å². The number of methoxy groups -OCH3 is 2. The third-order valence-corrected chi connectivity index (χ3v) is 15.1. The van der Waals surface area contributed by atoms with Crippen LogP contribution in [0.2, 0.25) is 0 Å². The van der Waals surface area contributed by atoms with Gasteiger partial charge in [0.05, 0.1) is 62.9 Å². The van der Waals surface area contributed by atoms with E-state index in [2.05, 4.69) is 4.89 Å². The molecule has 2 aliphatic heterocycles. The number of carbonyl (C=O) groups is 7. The Kier molecular flexibility index (Phi) is 20.5. The van der Waals surface area contributed by atoms with Gasteiger partial charge in [-0.3, -0.25) is 33.6 Å². The van der Waals surface area contributed by atoms with Gasteiger partial charge in [-0.2, -0.15) is 0 Å². The molecule has 4 heterocycles. The molecule has 6 aliphatic rings. The predicted octanol–water partition coefficient (Wildman–Crippen LogP) is -2.98. The molecule has 0 aromatic carbocycles. The van der Waals surface area contributed by atoms with E-state index in [4.69, 9.17) is 42.9 Å². The number of aliphatic hydroxyl groups is 3. The number of hydrogen-bond donors (Lipinski definition) is 3. The standard InChI is InChI=1S/2C21H26O7.CH2O3.CH4O.2K.H/c2*1-20-6-4-12-19(25)28-15(11-5-7-27-10-11)9-21(12,2)17(20)16(23)14(22)8-13(20)18(24)26-3;2-1-4-3;1-2;;;/h2*5,7,10,12-15,17,22H,4,6,8-9H2,1-3H3;1,3H;2H,1H3;;;/q;;;;2*+1;-1/p-1/t12-,13+,14+,15+,17?,20+,21+;12-,13-,14-,15-,17?,20-,21-;;;;;/m10...../s1. The van der Waals surface area contributed by atoms with E-state index in [1.807, 2.05) is 27.7 Å². The van der Waals surface area contributed by atoms with Crippen LogP contribution in [0.15, 0.2) is 46.0 Å². The fourth-order valence-electron chi connectivity index (χ4n) is 12.3. The first-order valence-corrected chi connectivity index (χ1v) is 20.6. The largest absolute Gasteiger partial charge is 1.00 e. The molecule has 0 bridgehead atoms. The van der Waals surface area contributed by atoms with Crippen molar-refractivity contribution in [2.24, 2.45) is 57.2 Å².